The number of hydrogen-bond donors (Lipinski definition) is 3. The first-order valence-electron chi connectivity index (χ1n) is 6.67. The van der Waals surface area contributed by atoms with Gasteiger partial charge >= 0.3 is 12.2 Å². The molecule has 23 heavy (non-hydrogen) atoms. The van der Waals surface area contributed by atoms with Crippen LogP contribution in [0.25, 0.3) is 0 Å². The van der Waals surface area contributed by atoms with Crippen molar-refractivity contribution in [2.45, 2.75) is 31.1 Å². The van der Waals surface area contributed by atoms with Crippen LogP contribution >= 0.6 is 11.8 Å². The molecule has 1 rings (SSSR count). The molecule has 0 atom stereocenters. The summed E-state index contributed by atoms with van der Waals surface area (Å²) in [7, 11) is 1.16. The van der Waals surface area contributed by atoms with E-state index in [0.717, 1.165) is 36.2 Å². The van der Waals surface area contributed by atoms with E-state index >= 15 is 0 Å². The summed E-state index contributed by atoms with van der Waals surface area (Å²) in [4.78, 5) is 22.8. The predicted octanol–water partition coefficient (Wildman–Crippen LogP) is 1.06. The molecule has 0 fully saturated rings. The summed E-state index contributed by atoms with van der Waals surface area (Å²) in [6.45, 7) is 2.45. The molecular formula is C11H17F3N6O2S. The summed E-state index contributed by atoms with van der Waals surface area (Å²) in [6, 6.07) is -0.560. The topological polar surface area (TPSA) is 101 Å². The van der Waals surface area contributed by atoms with Gasteiger partial charge in [0.2, 0.25) is 11.7 Å². The predicted molar refractivity (Wildman–Crippen MR) is 76.3 cm³/mol. The van der Waals surface area contributed by atoms with Gasteiger partial charge in [0, 0.05) is 13.6 Å². The van der Waals surface area contributed by atoms with Crippen LogP contribution in [0, 0.1) is 0 Å². The van der Waals surface area contributed by atoms with Crippen LogP contribution in [-0.4, -0.2) is 39.0 Å². The Labute approximate surface area is 134 Å². The average Bonchev–Trinajstić information content (AvgIpc) is 2.84. The van der Waals surface area contributed by atoms with Crippen molar-refractivity contribution >= 4 is 23.7 Å². The van der Waals surface area contributed by atoms with E-state index in [4.69, 9.17) is 0 Å². The van der Waals surface area contributed by atoms with Crippen molar-refractivity contribution in [3.05, 3.63) is 5.82 Å². The Hall–Kier alpha value is -1.98. The van der Waals surface area contributed by atoms with Crippen molar-refractivity contribution in [2.24, 2.45) is 7.05 Å². The minimum absolute atomic E-state index is 0.0557. The van der Waals surface area contributed by atoms with E-state index in [9.17, 15) is 22.8 Å². The number of urea groups is 1. The fraction of sp³-hybridized carbons (Fsp3) is 0.636. The first kappa shape index (κ1) is 19.1. The van der Waals surface area contributed by atoms with Gasteiger partial charge in [-0.1, -0.05) is 25.1 Å². The van der Waals surface area contributed by atoms with E-state index in [1.807, 2.05) is 6.92 Å². The number of halogens is 3. The maximum Gasteiger partial charge on any atom is 0.451 e. The zero-order valence-corrected chi connectivity index (χ0v) is 13.3. The van der Waals surface area contributed by atoms with Gasteiger partial charge in [-0.2, -0.15) is 13.2 Å². The van der Waals surface area contributed by atoms with Crippen molar-refractivity contribution in [3.63, 3.8) is 0 Å². The maximum atomic E-state index is 12.5. The lowest BCUT2D eigenvalue weighted by Crippen LogP contribution is -2.47. The van der Waals surface area contributed by atoms with Gasteiger partial charge in [-0.3, -0.25) is 10.2 Å². The van der Waals surface area contributed by atoms with Crippen LogP contribution in [0.4, 0.5) is 18.0 Å². The minimum Gasteiger partial charge on any atom is -0.337 e. The van der Waals surface area contributed by atoms with Gasteiger partial charge in [-0.25, -0.2) is 10.2 Å². The van der Waals surface area contributed by atoms with Gasteiger partial charge in [-0.05, 0) is 6.42 Å². The minimum atomic E-state index is -4.61. The second-order valence-electron chi connectivity index (χ2n) is 4.43. The molecule has 12 heteroatoms. The number of unbranched alkanes of at least 4 members (excludes halogenated alkanes) is 1. The largest absolute Gasteiger partial charge is 0.451 e. The standard InChI is InChI=1S/C11H17F3N6O2S/c1-3-4-5-15-9(22)18-16-7(21)6-23-10-19-17-8(20(10)2)11(12,13)14/h3-6H2,1-2H3,(H,16,21)(H2,15,18,22). The molecule has 0 saturated heterocycles. The normalized spacial score (nSPS) is 11.2. The van der Waals surface area contributed by atoms with Crippen LogP contribution in [0.3, 0.4) is 0 Å². The van der Waals surface area contributed by atoms with Crippen LogP contribution < -0.4 is 16.2 Å². The highest BCUT2D eigenvalue weighted by Gasteiger charge is 2.37. The van der Waals surface area contributed by atoms with E-state index < -0.39 is 23.9 Å². The quantitative estimate of drug-likeness (QED) is 0.403. The lowest BCUT2D eigenvalue weighted by molar-refractivity contribution is -0.147. The fourth-order valence-corrected chi connectivity index (χ4v) is 2.11. The molecule has 0 aliphatic carbocycles. The van der Waals surface area contributed by atoms with E-state index in [-0.39, 0.29) is 10.9 Å². The third-order valence-corrected chi connectivity index (χ3v) is 3.57. The zero-order valence-electron chi connectivity index (χ0n) is 12.5. The molecular weight excluding hydrogens is 337 g/mol. The molecule has 130 valence electrons. The Kier molecular flexibility index (Phi) is 7.13. The molecule has 0 aromatic carbocycles. The van der Waals surface area contributed by atoms with E-state index in [0.29, 0.717) is 6.54 Å². The fourth-order valence-electron chi connectivity index (χ4n) is 1.40. The van der Waals surface area contributed by atoms with Gasteiger partial charge in [0.1, 0.15) is 0 Å². The Morgan fingerprint density at radius 2 is 1.96 bits per heavy atom. The first-order valence-corrected chi connectivity index (χ1v) is 7.66. The number of hydrazine groups is 1. The number of carbonyl (C=O) groups excluding carboxylic acids is 2. The van der Waals surface area contributed by atoms with Crippen molar-refractivity contribution in [1.82, 2.24) is 30.9 Å². The molecule has 0 radical (unpaired) electrons. The molecule has 0 spiro atoms. The molecule has 3 N–H and O–H groups in total. The number of thioether (sulfide) groups is 1. The molecule has 0 aliphatic heterocycles. The SMILES string of the molecule is CCCCNC(=O)NNC(=O)CSc1nnc(C(F)(F)F)n1C. The summed E-state index contributed by atoms with van der Waals surface area (Å²) in [5.41, 5.74) is 4.27. The molecule has 1 heterocycles. The van der Waals surface area contributed by atoms with Crippen LogP contribution in [0.15, 0.2) is 5.16 Å². The third kappa shape index (κ3) is 6.34. The smallest absolute Gasteiger partial charge is 0.337 e. The number of nitrogens with zero attached hydrogens (tertiary/aromatic N) is 3. The number of rotatable bonds is 6. The Morgan fingerprint density at radius 3 is 2.52 bits per heavy atom. The molecule has 3 amide bonds. The lowest BCUT2D eigenvalue weighted by Gasteiger charge is -2.08. The summed E-state index contributed by atoms with van der Waals surface area (Å²) >= 11 is 0.771. The highest BCUT2D eigenvalue weighted by Crippen LogP contribution is 2.29. The molecule has 0 bridgehead atoms. The van der Waals surface area contributed by atoms with Gasteiger partial charge in [-0.15, -0.1) is 10.2 Å². The van der Waals surface area contributed by atoms with Crippen molar-refractivity contribution in [3.8, 4) is 0 Å². The number of amides is 3. The van der Waals surface area contributed by atoms with Gasteiger partial charge in [0.05, 0.1) is 5.75 Å². The summed E-state index contributed by atoms with van der Waals surface area (Å²) in [5, 5.41) is 8.88. The molecule has 8 nitrogen and oxygen atoms in total. The zero-order chi connectivity index (χ0) is 17.5. The van der Waals surface area contributed by atoms with Crippen LogP contribution in [0.1, 0.15) is 25.6 Å². The van der Waals surface area contributed by atoms with Crippen LogP contribution in [0.5, 0.6) is 0 Å². The average molecular weight is 354 g/mol. The van der Waals surface area contributed by atoms with Crippen molar-refractivity contribution in [1.29, 1.82) is 0 Å². The Bertz CT molecular complexity index is 548. The molecule has 0 unspecified atom stereocenters. The second kappa shape index (κ2) is 8.60. The van der Waals surface area contributed by atoms with E-state index in [1.54, 1.807) is 0 Å². The number of alkyl halides is 3. The Morgan fingerprint density at radius 1 is 1.26 bits per heavy atom. The lowest BCUT2D eigenvalue weighted by atomic mass is 10.3. The van der Waals surface area contributed by atoms with Crippen molar-refractivity contribution < 1.29 is 22.8 Å². The molecule has 0 aliphatic rings. The summed E-state index contributed by atoms with van der Waals surface area (Å²) in [5.74, 6) is -1.95. The number of carbonyl (C=O) groups is 2. The number of hydrogen-bond acceptors (Lipinski definition) is 5. The summed E-state index contributed by atoms with van der Waals surface area (Å²) in [6.07, 6.45) is -2.88. The number of aromatic nitrogens is 3. The van der Waals surface area contributed by atoms with E-state index in [2.05, 4.69) is 26.4 Å². The highest BCUT2D eigenvalue weighted by molar-refractivity contribution is 7.99. The van der Waals surface area contributed by atoms with Crippen LogP contribution in [0.2, 0.25) is 0 Å². The first-order chi connectivity index (χ1) is 10.8. The monoisotopic (exact) mass is 354 g/mol. The van der Waals surface area contributed by atoms with Gasteiger partial charge < -0.3 is 9.88 Å². The maximum absolute atomic E-state index is 12.5. The number of nitrogens with one attached hydrogen (secondary N) is 3. The molecule has 0 saturated carbocycles. The van der Waals surface area contributed by atoms with E-state index in [1.165, 1.54) is 0 Å². The Balaban J connectivity index is 2.37. The molecule has 1 aromatic heterocycles. The van der Waals surface area contributed by atoms with Crippen LogP contribution in [-0.2, 0) is 18.0 Å². The van der Waals surface area contributed by atoms with Gasteiger partial charge in [0.25, 0.3) is 0 Å². The highest BCUT2D eigenvalue weighted by atomic mass is 32.2. The second-order valence-corrected chi connectivity index (χ2v) is 5.38. The third-order valence-electron chi connectivity index (χ3n) is 2.55. The summed E-state index contributed by atoms with van der Waals surface area (Å²) < 4.78 is 38.3. The van der Waals surface area contributed by atoms with Crippen molar-refractivity contribution in [2.75, 3.05) is 12.3 Å². The molecule has 1 aromatic rings. The van der Waals surface area contributed by atoms with Gasteiger partial charge in [0.15, 0.2) is 5.16 Å².